The zero-order valence-electron chi connectivity index (χ0n) is 14.0. The van der Waals surface area contributed by atoms with Crippen LogP contribution in [-0.4, -0.2) is 11.1 Å². The van der Waals surface area contributed by atoms with Crippen molar-refractivity contribution in [3.05, 3.63) is 28.6 Å². The van der Waals surface area contributed by atoms with Gasteiger partial charge in [0.1, 0.15) is 0 Å². The normalized spacial score (nSPS) is 26.8. The Morgan fingerprint density at radius 3 is 2.40 bits per heavy atom. The topological polar surface area (TPSA) is 22.1 Å². The van der Waals surface area contributed by atoms with Crippen molar-refractivity contribution in [2.45, 2.75) is 78.9 Å². The SMILES string of the molecule is Cc1cc(C(C)C)c2c(n1)[C@H](C)O[C@H](C)CC2C(C)C. The summed E-state index contributed by atoms with van der Waals surface area (Å²) in [6.45, 7) is 15.6. The smallest absolute Gasteiger partial charge is 0.0973 e. The first-order chi connectivity index (χ1) is 9.31. The molecule has 0 saturated heterocycles. The highest BCUT2D eigenvalue weighted by molar-refractivity contribution is 5.39. The van der Waals surface area contributed by atoms with Crippen LogP contribution in [0.5, 0.6) is 0 Å². The maximum Gasteiger partial charge on any atom is 0.0973 e. The summed E-state index contributed by atoms with van der Waals surface area (Å²) in [5.41, 5.74) is 5.23. The van der Waals surface area contributed by atoms with Crippen molar-refractivity contribution in [3.63, 3.8) is 0 Å². The Labute approximate surface area is 124 Å². The predicted molar refractivity (Wildman–Crippen MR) is 84.2 cm³/mol. The van der Waals surface area contributed by atoms with Crippen molar-refractivity contribution in [2.24, 2.45) is 5.92 Å². The molecular weight excluding hydrogens is 246 g/mol. The van der Waals surface area contributed by atoms with Gasteiger partial charge in [-0.25, -0.2) is 0 Å². The molecule has 0 spiro atoms. The third-order valence-corrected chi connectivity index (χ3v) is 4.45. The Morgan fingerprint density at radius 1 is 1.20 bits per heavy atom. The molecule has 1 unspecified atom stereocenters. The zero-order valence-corrected chi connectivity index (χ0v) is 14.0. The first kappa shape index (κ1) is 15.5. The van der Waals surface area contributed by atoms with Crippen LogP contribution in [0, 0.1) is 12.8 Å². The first-order valence-electron chi connectivity index (χ1n) is 7.98. The Morgan fingerprint density at radius 2 is 1.85 bits per heavy atom. The molecule has 0 bridgehead atoms. The molecule has 2 nitrogen and oxygen atoms in total. The molecule has 112 valence electrons. The van der Waals surface area contributed by atoms with Gasteiger partial charge in [0.15, 0.2) is 0 Å². The van der Waals surface area contributed by atoms with E-state index in [2.05, 4.69) is 54.5 Å². The van der Waals surface area contributed by atoms with Crippen LogP contribution in [0.15, 0.2) is 6.07 Å². The van der Waals surface area contributed by atoms with Crippen molar-refractivity contribution < 1.29 is 4.74 Å². The number of ether oxygens (including phenoxy) is 1. The van der Waals surface area contributed by atoms with E-state index in [9.17, 15) is 0 Å². The first-order valence-corrected chi connectivity index (χ1v) is 7.98. The summed E-state index contributed by atoms with van der Waals surface area (Å²) in [5.74, 6) is 1.70. The average molecular weight is 275 g/mol. The van der Waals surface area contributed by atoms with Crippen LogP contribution in [-0.2, 0) is 4.74 Å². The third kappa shape index (κ3) is 2.90. The molecule has 1 aromatic heterocycles. The number of hydrogen-bond acceptors (Lipinski definition) is 2. The van der Waals surface area contributed by atoms with E-state index >= 15 is 0 Å². The van der Waals surface area contributed by atoms with Crippen LogP contribution >= 0.6 is 0 Å². The van der Waals surface area contributed by atoms with Crippen LogP contribution in [0.1, 0.15) is 88.4 Å². The maximum atomic E-state index is 6.15. The fourth-order valence-electron chi connectivity index (χ4n) is 3.47. The second-order valence-electron chi connectivity index (χ2n) is 6.98. The summed E-state index contributed by atoms with van der Waals surface area (Å²) in [5, 5.41) is 0. The Balaban J connectivity index is 2.67. The maximum absolute atomic E-state index is 6.15. The lowest BCUT2D eigenvalue weighted by Crippen LogP contribution is -2.16. The molecule has 0 N–H and O–H groups in total. The number of fused-ring (bicyclic) bond motifs is 1. The molecular formula is C18H29NO. The molecule has 20 heavy (non-hydrogen) atoms. The van der Waals surface area contributed by atoms with Gasteiger partial charge in [-0.2, -0.15) is 0 Å². The van der Waals surface area contributed by atoms with E-state index in [1.165, 1.54) is 16.8 Å². The van der Waals surface area contributed by atoms with Crippen LogP contribution in [0.25, 0.3) is 0 Å². The van der Waals surface area contributed by atoms with Crippen LogP contribution in [0.4, 0.5) is 0 Å². The van der Waals surface area contributed by atoms with Crippen molar-refractivity contribution in [1.29, 1.82) is 0 Å². The number of aromatic nitrogens is 1. The summed E-state index contributed by atoms with van der Waals surface area (Å²) in [6.07, 6.45) is 1.49. The molecule has 1 aliphatic rings. The minimum Gasteiger partial charge on any atom is -0.369 e. The van der Waals surface area contributed by atoms with Gasteiger partial charge in [0.05, 0.1) is 17.9 Å². The molecule has 0 aliphatic carbocycles. The molecule has 1 aromatic rings. The number of rotatable bonds is 2. The zero-order chi connectivity index (χ0) is 15.0. The van der Waals surface area contributed by atoms with Crippen LogP contribution in [0.2, 0.25) is 0 Å². The highest BCUT2D eigenvalue weighted by atomic mass is 16.5. The van der Waals surface area contributed by atoms with Gasteiger partial charge in [-0.15, -0.1) is 0 Å². The standard InChI is InChI=1S/C18H29NO/c1-10(2)15-8-12(5)19-18-14(7)20-13(6)9-16(11(3)4)17(15)18/h8,10-11,13-14,16H,9H2,1-7H3/t13-,14+,16?/m1/s1. The predicted octanol–water partition coefficient (Wildman–Crippen LogP) is 5.12. The van der Waals surface area contributed by atoms with E-state index in [4.69, 9.17) is 9.72 Å². The van der Waals surface area contributed by atoms with Gasteiger partial charge in [-0.1, -0.05) is 27.7 Å². The number of nitrogens with zero attached hydrogens (tertiary/aromatic N) is 1. The molecule has 2 heterocycles. The lowest BCUT2D eigenvalue weighted by atomic mass is 9.79. The molecule has 0 fully saturated rings. The van der Waals surface area contributed by atoms with Crippen molar-refractivity contribution in [2.75, 3.05) is 0 Å². The number of aryl methyl sites for hydroxylation is 1. The molecule has 2 rings (SSSR count). The lowest BCUT2D eigenvalue weighted by Gasteiger charge is -2.26. The molecule has 2 heteroatoms. The monoisotopic (exact) mass is 275 g/mol. The average Bonchev–Trinajstić information content (AvgIpc) is 2.46. The van der Waals surface area contributed by atoms with E-state index in [0.29, 0.717) is 23.9 Å². The molecule has 0 saturated carbocycles. The fraction of sp³-hybridized carbons (Fsp3) is 0.722. The second-order valence-corrected chi connectivity index (χ2v) is 6.98. The summed E-state index contributed by atoms with van der Waals surface area (Å²) in [4.78, 5) is 4.84. The molecule has 3 atom stereocenters. The largest absolute Gasteiger partial charge is 0.369 e. The molecule has 1 aliphatic heterocycles. The van der Waals surface area contributed by atoms with Gasteiger partial charge in [0.2, 0.25) is 0 Å². The number of hydrogen-bond donors (Lipinski definition) is 0. The van der Waals surface area contributed by atoms with E-state index in [-0.39, 0.29) is 6.10 Å². The summed E-state index contributed by atoms with van der Waals surface area (Å²) in [6, 6.07) is 2.28. The van der Waals surface area contributed by atoms with Crippen LogP contribution < -0.4 is 0 Å². The van der Waals surface area contributed by atoms with Crippen molar-refractivity contribution in [3.8, 4) is 0 Å². The molecule has 0 radical (unpaired) electrons. The summed E-state index contributed by atoms with van der Waals surface area (Å²) >= 11 is 0. The van der Waals surface area contributed by atoms with Gasteiger partial charge in [-0.05, 0) is 62.1 Å². The van der Waals surface area contributed by atoms with Gasteiger partial charge >= 0.3 is 0 Å². The van der Waals surface area contributed by atoms with E-state index < -0.39 is 0 Å². The molecule has 0 aromatic carbocycles. The Bertz CT molecular complexity index is 479. The minimum absolute atomic E-state index is 0.0983. The van der Waals surface area contributed by atoms with Crippen molar-refractivity contribution >= 4 is 0 Å². The van der Waals surface area contributed by atoms with Crippen LogP contribution in [0.3, 0.4) is 0 Å². The highest BCUT2D eigenvalue weighted by Crippen LogP contribution is 2.42. The van der Waals surface area contributed by atoms with Gasteiger partial charge in [0.25, 0.3) is 0 Å². The summed E-state index contributed by atoms with van der Waals surface area (Å²) in [7, 11) is 0. The lowest BCUT2D eigenvalue weighted by molar-refractivity contribution is 0.00268. The number of pyridine rings is 1. The Hall–Kier alpha value is -0.890. The third-order valence-electron chi connectivity index (χ3n) is 4.45. The van der Waals surface area contributed by atoms with Gasteiger partial charge in [-0.3, -0.25) is 4.98 Å². The van der Waals surface area contributed by atoms with E-state index in [1.807, 2.05) is 0 Å². The van der Waals surface area contributed by atoms with E-state index in [0.717, 1.165) is 12.1 Å². The van der Waals surface area contributed by atoms with Crippen molar-refractivity contribution in [1.82, 2.24) is 4.98 Å². The molecule has 0 amide bonds. The second kappa shape index (κ2) is 5.85. The Kier molecular flexibility index (Phi) is 4.53. The quantitative estimate of drug-likeness (QED) is 0.747. The minimum atomic E-state index is 0.0983. The fourth-order valence-corrected chi connectivity index (χ4v) is 3.47. The van der Waals surface area contributed by atoms with Gasteiger partial charge < -0.3 is 4.74 Å². The highest BCUT2D eigenvalue weighted by Gasteiger charge is 2.32. The van der Waals surface area contributed by atoms with E-state index in [1.54, 1.807) is 0 Å². The van der Waals surface area contributed by atoms with Gasteiger partial charge in [0, 0.05) is 5.69 Å². The summed E-state index contributed by atoms with van der Waals surface area (Å²) < 4.78 is 6.15.